The molecule has 8 nitrogen and oxygen atoms in total. The molecule has 0 aliphatic heterocycles. The lowest BCUT2D eigenvalue weighted by Crippen LogP contribution is -2.35. The molecule has 0 aliphatic rings. The Kier molecular flexibility index (Phi) is 5.73. The molecule has 1 heterocycles. The number of tetrazole rings is 1. The van der Waals surface area contributed by atoms with Crippen molar-refractivity contribution in [2.75, 3.05) is 11.9 Å². The minimum absolute atomic E-state index is 0.175. The number of aromatic nitrogens is 4. The number of anilines is 1. The number of hydrogen-bond donors (Lipinski definition) is 2. The minimum Gasteiger partial charge on any atom is -0.345 e. The molecule has 3 aromatic rings. The molecular formula is C19H19FN6O2. The summed E-state index contributed by atoms with van der Waals surface area (Å²) < 4.78 is 13.0. The molecule has 0 aliphatic carbocycles. The summed E-state index contributed by atoms with van der Waals surface area (Å²) in [4.78, 5) is 25.2. The van der Waals surface area contributed by atoms with Crippen LogP contribution in [0, 0.1) is 19.7 Å². The molecule has 9 heteroatoms. The van der Waals surface area contributed by atoms with Gasteiger partial charge in [-0.2, -0.15) is 4.80 Å². The van der Waals surface area contributed by atoms with Gasteiger partial charge in [-0.3, -0.25) is 9.59 Å². The average Bonchev–Trinajstić information content (AvgIpc) is 3.13. The highest BCUT2D eigenvalue weighted by atomic mass is 19.1. The molecule has 2 aromatic carbocycles. The predicted octanol–water partition coefficient (Wildman–Crippen LogP) is 1.85. The summed E-state index contributed by atoms with van der Waals surface area (Å²) in [6.07, 6.45) is 0. The number of halogens is 1. The molecule has 2 amide bonds. The zero-order valence-corrected chi connectivity index (χ0v) is 15.4. The third kappa shape index (κ3) is 4.76. The van der Waals surface area contributed by atoms with Gasteiger partial charge < -0.3 is 10.6 Å². The fourth-order valence-corrected chi connectivity index (χ4v) is 2.47. The van der Waals surface area contributed by atoms with Crippen LogP contribution >= 0.6 is 0 Å². The van der Waals surface area contributed by atoms with Gasteiger partial charge in [-0.05, 0) is 60.5 Å². The summed E-state index contributed by atoms with van der Waals surface area (Å²) in [5, 5.41) is 17.0. The van der Waals surface area contributed by atoms with Gasteiger partial charge in [0.15, 0.2) is 0 Å². The Morgan fingerprint density at radius 3 is 2.57 bits per heavy atom. The molecule has 0 unspecified atom stereocenters. The van der Waals surface area contributed by atoms with Crippen LogP contribution in [0.4, 0.5) is 10.1 Å². The molecule has 0 saturated carbocycles. The number of carbonyl (C=O) groups excluding carboxylic acids is 2. The van der Waals surface area contributed by atoms with E-state index in [2.05, 4.69) is 26.0 Å². The van der Waals surface area contributed by atoms with Crippen LogP contribution in [0.1, 0.15) is 11.1 Å². The van der Waals surface area contributed by atoms with Crippen molar-refractivity contribution in [1.29, 1.82) is 0 Å². The summed E-state index contributed by atoms with van der Waals surface area (Å²) in [6, 6.07) is 11.2. The van der Waals surface area contributed by atoms with Crippen molar-refractivity contribution in [2.45, 2.75) is 20.4 Å². The fraction of sp³-hybridized carbons (Fsp3) is 0.211. The van der Waals surface area contributed by atoms with E-state index >= 15 is 0 Å². The van der Waals surface area contributed by atoms with Gasteiger partial charge in [0, 0.05) is 11.3 Å². The lowest BCUT2D eigenvalue weighted by Gasteiger charge is -2.10. The van der Waals surface area contributed by atoms with Crippen LogP contribution in [0.5, 0.6) is 0 Å². The van der Waals surface area contributed by atoms with Gasteiger partial charge in [0.05, 0.1) is 6.54 Å². The Bertz CT molecular complexity index is 1000. The standard InChI is InChI=1S/C19H19FN6O2/c1-12-4-3-5-16(13(12)2)22-17(27)10-21-18(28)11-26-24-19(23-25-26)14-6-8-15(20)9-7-14/h3-9H,10-11H2,1-2H3,(H,21,28)(H,22,27). The second-order valence-corrected chi connectivity index (χ2v) is 6.22. The largest absolute Gasteiger partial charge is 0.345 e. The molecule has 0 atom stereocenters. The molecule has 28 heavy (non-hydrogen) atoms. The van der Waals surface area contributed by atoms with Crippen LogP contribution in [-0.2, 0) is 16.1 Å². The highest BCUT2D eigenvalue weighted by Crippen LogP contribution is 2.17. The first-order chi connectivity index (χ1) is 13.4. The molecule has 0 fully saturated rings. The highest BCUT2D eigenvalue weighted by molar-refractivity contribution is 5.95. The Hall–Kier alpha value is -3.62. The molecule has 144 valence electrons. The average molecular weight is 382 g/mol. The SMILES string of the molecule is Cc1cccc(NC(=O)CNC(=O)Cn2nnc(-c3ccc(F)cc3)n2)c1C. The summed E-state index contributed by atoms with van der Waals surface area (Å²) in [5.41, 5.74) is 3.33. The lowest BCUT2D eigenvalue weighted by molar-refractivity contribution is -0.124. The molecule has 2 N–H and O–H groups in total. The molecule has 0 saturated heterocycles. The van der Waals surface area contributed by atoms with Crippen LogP contribution in [0.3, 0.4) is 0 Å². The molecule has 3 rings (SSSR count). The van der Waals surface area contributed by atoms with Crippen molar-refractivity contribution in [3.8, 4) is 11.4 Å². The van der Waals surface area contributed by atoms with E-state index in [9.17, 15) is 14.0 Å². The summed E-state index contributed by atoms with van der Waals surface area (Å²) in [6.45, 7) is 3.51. The summed E-state index contributed by atoms with van der Waals surface area (Å²) >= 11 is 0. The van der Waals surface area contributed by atoms with Gasteiger partial charge in [-0.25, -0.2) is 4.39 Å². The first-order valence-electron chi connectivity index (χ1n) is 8.59. The lowest BCUT2D eigenvalue weighted by atomic mass is 10.1. The third-order valence-corrected chi connectivity index (χ3v) is 4.17. The van der Waals surface area contributed by atoms with Gasteiger partial charge in [0.2, 0.25) is 17.6 Å². The molecule has 1 aromatic heterocycles. The van der Waals surface area contributed by atoms with E-state index in [1.54, 1.807) is 6.07 Å². The fourth-order valence-electron chi connectivity index (χ4n) is 2.47. The second-order valence-electron chi connectivity index (χ2n) is 6.22. The smallest absolute Gasteiger partial charge is 0.244 e. The molecule has 0 spiro atoms. The van der Waals surface area contributed by atoms with E-state index in [-0.39, 0.29) is 30.6 Å². The minimum atomic E-state index is -0.431. The van der Waals surface area contributed by atoms with Crippen molar-refractivity contribution in [1.82, 2.24) is 25.5 Å². The number of aryl methyl sites for hydroxylation is 1. The number of nitrogens with zero attached hydrogens (tertiary/aromatic N) is 4. The summed E-state index contributed by atoms with van der Waals surface area (Å²) in [5.74, 6) is -0.852. The highest BCUT2D eigenvalue weighted by Gasteiger charge is 2.11. The Balaban J connectivity index is 1.51. The van der Waals surface area contributed by atoms with Gasteiger partial charge in [-0.1, -0.05) is 12.1 Å². The van der Waals surface area contributed by atoms with Gasteiger partial charge in [-0.15, -0.1) is 10.2 Å². The predicted molar refractivity (Wildman–Crippen MR) is 101 cm³/mol. The quantitative estimate of drug-likeness (QED) is 0.677. The van der Waals surface area contributed by atoms with Crippen LogP contribution in [-0.4, -0.2) is 38.6 Å². The number of nitrogens with one attached hydrogen (secondary N) is 2. The molecular weight excluding hydrogens is 363 g/mol. The molecule has 0 radical (unpaired) electrons. The normalized spacial score (nSPS) is 10.5. The van der Waals surface area contributed by atoms with Crippen molar-refractivity contribution in [2.24, 2.45) is 0 Å². The maximum absolute atomic E-state index is 13.0. The van der Waals surface area contributed by atoms with Crippen molar-refractivity contribution in [3.63, 3.8) is 0 Å². The third-order valence-electron chi connectivity index (χ3n) is 4.17. The van der Waals surface area contributed by atoms with Crippen molar-refractivity contribution in [3.05, 3.63) is 59.4 Å². The maximum atomic E-state index is 13.0. The maximum Gasteiger partial charge on any atom is 0.244 e. The topological polar surface area (TPSA) is 102 Å². The second kappa shape index (κ2) is 8.38. The monoisotopic (exact) mass is 382 g/mol. The van der Waals surface area contributed by atoms with Crippen molar-refractivity contribution < 1.29 is 14.0 Å². The van der Waals surface area contributed by atoms with E-state index in [1.807, 2.05) is 26.0 Å². The zero-order chi connectivity index (χ0) is 20.1. The van der Waals surface area contributed by atoms with E-state index in [1.165, 1.54) is 24.3 Å². The summed E-state index contributed by atoms with van der Waals surface area (Å²) in [7, 11) is 0. The number of amides is 2. The van der Waals surface area contributed by atoms with E-state index < -0.39 is 5.91 Å². The zero-order valence-electron chi connectivity index (χ0n) is 15.4. The van der Waals surface area contributed by atoms with E-state index in [4.69, 9.17) is 0 Å². The van der Waals surface area contributed by atoms with Crippen LogP contribution < -0.4 is 10.6 Å². The Morgan fingerprint density at radius 2 is 1.82 bits per heavy atom. The Morgan fingerprint density at radius 1 is 1.07 bits per heavy atom. The Labute approximate surface area is 160 Å². The first-order valence-corrected chi connectivity index (χ1v) is 8.59. The van der Waals surface area contributed by atoms with Gasteiger partial charge in [0.1, 0.15) is 12.4 Å². The van der Waals surface area contributed by atoms with Crippen LogP contribution in [0.2, 0.25) is 0 Å². The number of hydrogen-bond acceptors (Lipinski definition) is 5. The molecule has 0 bridgehead atoms. The van der Waals surface area contributed by atoms with Crippen LogP contribution in [0.15, 0.2) is 42.5 Å². The van der Waals surface area contributed by atoms with E-state index in [0.717, 1.165) is 15.9 Å². The van der Waals surface area contributed by atoms with E-state index in [0.29, 0.717) is 11.3 Å². The number of carbonyl (C=O) groups is 2. The van der Waals surface area contributed by atoms with Crippen LogP contribution in [0.25, 0.3) is 11.4 Å². The first kappa shape index (κ1) is 19.2. The van der Waals surface area contributed by atoms with Gasteiger partial charge >= 0.3 is 0 Å². The van der Waals surface area contributed by atoms with Crippen molar-refractivity contribution >= 4 is 17.5 Å². The number of benzene rings is 2. The number of rotatable bonds is 6. The van der Waals surface area contributed by atoms with Gasteiger partial charge in [0.25, 0.3) is 0 Å².